The number of rotatable bonds is 3. The van der Waals surface area contributed by atoms with Crippen molar-refractivity contribution in [1.82, 2.24) is 0 Å². The Morgan fingerprint density at radius 2 is 1.90 bits per heavy atom. The highest BCUT2D eigenvalue weighted by atomic mass is 35.5. The summed E-state index contributed by atoms with van der Waals surface area (Å²) in [6.07, 6.45) is 1.90. The Balaban J connectivity index is 2.28. The second kappa shape index (κ2) is 6.48. The van der Waals surface area contributed by atoms with Crippen LogP contribution in [0.25, 0.3) is 0 Å². The number of hydrogen-bond donors (Lipinski definition) is 1. The van der Waals surface area contributed by atoms with E-state index in [9.17, 15) is 9.18 Å². The van der Waals surface area contributed by atoms with Gasteiger partial charge in [0.2, 0.25) is 0 Å². The molecule has 6 heteroatoms. The minimum absolute atomic E-state index is 0.135. The lowest BCUT2D eigenvalue weighted by Crippen LogP contribution is -2.13. The highest BCUT2D eigenvalue weighted by Gasteiger charge is 2.13. The average molecular weight is 330 g/mol. The number of amides is 1. The molecule has 0 fully saturated rings. The summed E-state index contributed by atoms with van der Waals surface area (Å²) >= 11 is 13.4. The van der Waals surface area contributed by atoms with Gasteiger partial charge in [-0.1, -0.05) is 23.2 Å². The number of benzene rings is 2. The molecule has 0 heterocycles. The van der Waals surface area contributed by atoms with E-state index in [1.54, 1.807) is 12.1 Å². The van der Waals surface area contributed by atoms with Gasteiger partial charge in [0.15, 0.2) is 0 Å². The molecule has 20 heavy (non-hydrogen) atoms. The summed E-state index contributed by atoms with van der Waals surface area (Å²) in [5.41, 5.74) is 0.683. The van der Waals surface area contributed by atoms with E-state index in [4.69, 9.17) is 23.2 Å². The second-order valence-electron chi connectivity index (χ2n) is 3.92. The fraction of sp³-hybridized carbons (Fsp3) is 0.0714. The second-order valence-corrected chi connectivity index (χ2v) is 5.62. The fourth-order valence-corrected chi connectivity index (χ4v) is 2.44. The van der Waals surface area contributed by atoms with E-state index < -0.39 is 5.82 Å². The molecule has 2 nitrogen and oxygen atoms in total. The third-order valence-electron chi connectivity index (χ3n) is 2.60. The van der Waals surface area contributed by atoms with Crippen molar-refractivity contribution in [3.05, 3.63) is 57.8 Å². The Morgan fingerprint density at radius 1 is 1.15 bits per heavy atom. The van der Waals surface area contributed by atoms with Crippen molar-refractivity contribution >= 4 is 46.6 Å². The van der Waals surface area contributed by atoms with Crippen molar-refractivity contribution in [3.8, 4) is 0 Å². The maximum Gasteiger partial charge on any atom is 0.257 e. The first-order valence-electron chi connectivity index (χ1n) is 5.61. The molecule has 0 atom stereocenters. The molecule has 0 aliphatic carbocycles. The van der Waals surface area contributed by atoms with Crippen LogP contribution in [0.3, 0.4) is 0 Å². The van der Waals surface area contributed by atoms with Gasteiger partial charge in [-0.3, -0.25) is 4.79 Å². The summed E-state index contributed by atoms with van der Waals surface area (Å²) in [4.78, 5) is 13.1. The third kappa shape index (κ3) is 3.45. The first-order chi connectivity index (χ1) is 9.51. The maximum atomic E-state index is 12.9. The number of hydrogen-bond acceptors (Lipinski definition) is 2. The molecule has 0 aromatic heterocycles. The number of thioether (sulfide) groups is 1. The van der Waals surface area contributed by atoms with Crippen LogP contribution in [0.4, 0.5) is 10.1 Å². The van der Waals surface area contributed by atoms with Crippen LogP contribution in [0.2, 0.25) is 10.0 Å². The van der Waals surface area contributed by atoms with Crippen molar-refractivity contribution < 1.29 is 9.18 Å². The van der Waals surface area contributed by atoms with Crippen LogP contribution in [-0.2, 0) is 0 Å². The van der Waals surface area contributed by atoms with E-state index in [2.05, 4.69) is 5.32 Å². The normalized spacial score (nSPS) is 10.4. The molecule has 0 aliphatic heterocycles. The Bertz CT molecular complexity index is 664. The Hall–Kier alpha value is -1.23. The van der Waals surface area contributed by atoms with Crippen molar-refractivity contribution in [3.63, 3.8) is 0 Å². The molecule has 0 bridgehead atoms. The molecule has 0 unspecified atom stereocenters. The highest BCUT2D eigenvalue weighted by Crippen LogP contribution is 2.26. The average Bonchev–Trinajstić information content (AvgIpc) is 2.42. The predicted octanol–water partition coefficient (Wildman–Crippen LogP) is 5.11. The smallest absolute Gasteiger partial charge is 0.257 e. The molecule has 2 aromatic carbocycles. The predicted molar refractivity (Wildman–Crippen MR) is 82.6 cm³/mol. The van der Waals surface area contributed by atoms with Crippen LogP contribution in [0.15, 0.2) is 41.3 Å². The molecule has 104 valence electrons. The lowest BCUT2D eigenvalue weighted by atomic mass is 10.2. The minimum atomic E-state index is -0.463. The SMILES string of the molecule is CSc1ccc(Cl)c(C(=O)Nc2ccc(F)cc2Cl)c1. The summed E-state index contributed by atoms with van der Waals surface area (Å²) < 4.78 is 12.9. The zero-order valence-electron chi connectivity index (χ0n) is 10.4. The number of carbonyl (C=O) groups is 1. The molecule has 0 spiro atoms. The van der Waals surface area contributed by atoms with Gasteiger partial charge < -0.3 is 5.32 Å². The number of halogens is 3. The molecule has 0 radical (unpaired) electrons. The molecule has 0 aliphatic rings. The van der Waals surface area contributed by atoms with E-state index in [0.717, 1.165) is 11.0 Å². The summed E-state index contributed by atoms with van der Waals surface area (Å²) in [7, 11) is 0. The van der Waals surface area contributed by atoms with Gasteiger partial charge in [0, 0.05) is 4.90 Å². The van der Waals surface area contributed by atoms with Gasteiger partial charge in [0.25, 0.3) is 5.91 Å². The van der Waals surface area contributed by atoms with Crippen LogP contribution in [0, 0.1) is 5.82 Å². The van der Waals surface area contributed by atoms with Gasteiger partial charge in [-0.15, -0.1) is 11.8 Å². The molecule has 0 saturated heterocycles. The van der Waals surface area contributed by atoms with Crippen LogP contribution < -0.4 is 5.32 Å². The van der Waals surface area contributed by atoms with E-state index in [0.29, 0.717) is 16.3 Å². The summed E-state index contributed by atoms with van der Waals surface area (Å²) in [5, 5.41) is 3.10. The number of carbonyl (C=O) groups excluding carboxylic acids is 1. The maximum absolute atomic E-state index is 12.9. The quantitative estimate of drug-likeness (QED) is 0.793. The fourth-order valence-electron chi connectivity index (χ4n) is 1.59. The van der Waals surface area contributed by atoms with Gasteiger partial charge in [0.1, 0.15) is 5.82 Å². The monoisotopic (exact) mass is 329 g/mol. The number of anilines is 1. The van der Waals surface area contributed by atoms with Gasteiger partial charge in [-0.25, -0.2) is 4.39 Å². The van der Waals surface area contributed by atoms with Crippen molar-refractivity contribution in [2.75, 3.05) is 11.6 Å². The van der Waals surface area contributed by atoms with Crippen LogP contribution >= 0.6 is 35.0 Å². The summed E-state index contributed by atoms with van der Waals surface area (Å²) in [6, 6.07) is 8.95. The van der Waals surface area contributed by atoms with Gasteiger partial charge in [-0.05, 0) is 42.7 Å². The number of nitrogens with one attached hydrogen (secondary N) is 1. The molecule has 2 rings (SSSR count). The van der Waals surface area contributed by atoms with E-state index in [1.165, 1.54) is 23.9 Å². The lowest BCUT2D eigenvalue weighted by molar-refractivity contribution is 0.102. The topological polar surface area (TPSA) is 29.1 Å². The molecule has 1 N–H and O–H groups in total. The summed E-state index contributed by atoms with van der Waals surface area (Å²) in [5.74, 6) is -0.852. The highest BCUT2D eigenvalue weighted by molar-refractivity contribution is 7.98. The molecular formula is C14H10Cl2FNOS. The van der Waals surface area contributed by atoms with Crippen molar-refractivity contribution in [2.45, 2.75) is 4.90 Å². The lowest BCUT2D eigenvalue weighted by Gasteiger charge is -2.09. The van der Waals surface area contributed by atoms with Gasteiger partial charge in [-0.2, -0.15) is 0 Å². The summed E-state index contributed by atoms with van der Waals surface area (Å²) in [6.45, 7) is 0. The zero-order valence-corrected chi connectivity index (χ0v) is 12.7. The molecular weight excluding hydrogens is 320 g/mol. The largest absolute Gasteiger partial charge is 0.321 e. The molecule has 1 amide bonds. The van der Waals surface area contributed by atoms with E-state index in [-0.39, 0.29) is 10.9 Å². The third-order valence-corrected chi connectivity index (χ3v) is 3.97. The van der Waals surface area contributed by atoms with Gasteiger partial charge in [0.05, 0.1) is 21.3 Å². The van der Waals surface area contributed by atoms with E-state index >= 15 is 0 Å². The van der Waals surface area contributed by atoms with Crippen molar-refractivity contribution in [2.24, 2.45) is 0 Å². The Kier molecular flexibility index (Phi) is 4.91. The molecule has 2 aromatic rings. The standard InChI is InChI=1S/C14H10Cl2FNOS/c1-20-9-3-4-11(15)10(7-9)14(19)18-13-5-2-8(17)6-12(13)16/h2-7H,1H3,(H,18,19). The minimum Gasteiger partial charge on any atom is -0.321 e. The van der Waals surface area contributed by atoms with Crippen LogP contribution in [0.1, 0.15) is 10.4 Å². The Labute approximate surface area is 130 Å². The van der Waals surface area contributed by atoms with Crippen molar-refractivity contribution in [1.29, 1.82) is 0 Å². The van der Waals surface area contributed by atoms with Crippen LogP contribution in [0.5, 0.6) is 0 Å². The first kappa shape index (κ1) is 15.2. The zero-order chi connectivity index (χ0) is 14.7. The first-order valence-corrected chi connectivity index (χ1v) is 7.59. The molecule has 0 saturated carbocycles. The van der Waals surface area contributed by atoms with Gasteiger partial charge >= 0.3 is 0 Å². The van der Waals surface area contributed by atoms with E-state index in [1.807, 2.05) is 12.3 Å². The van der Waals surface area contributed by atoms with Crippen LogP contribution in [-0.4, -0.2) is 12.2 Å². The Morgan fingerprint density at radius 3 is 2.55 bits per heavy atom.